The van der Waals surface area contributed by atoms with Gasteiger partial charge in [0.2, 0.25) is 0 Å². The Kier molecular flexibility index (Phi) is 3.24. The Balaban J connectivity index is 2.68. The van der Waals surface area contributed by atoms with Gasteiger partial charge in [-0.3, -0.25) is 4.79 Å². The van der Waals surface area contributed by atoms with Crippen LogP contribution in [0.5, 0.6) is 0 Å². The summed E-state index contributed by atoms with van der Waals surface area (Å²) in [6, 6.07) is 10.1. The Bertz CT molecular complexity index is 582. The van der Waals surface area contributed by atoms with Crippen molar-refractivity contribution in [1.82, 2.24) is 9.88 Å². The number of aromatic nitrogens is 1. The van der Waals surface area contributed by atoms with E-state index in [1.165, 1.54) is 0 Å². The van der Waals surface area contributed by atoms with Gasteiger partial charge in [-0.1, -0.05) is 30.3 Å². The van der Waals surface area contributed by atoms with Gasteiger partial charge in [-0.2, -0.15) is 0 Å². The van der Waals surface area contributed by atoms with E-state index < -0.39 is 0 Å². The lowest BCUT2D eigenvalue weighted by Gasteiger charge is -2.06. The van der Waals surface area contributed by atoms with Gasteiger partial charge in [-0.15, -0.1) is 0 Å². The molecule has 0 radical (unpaired) electrons. The molecule has 0 aliphatic heterocycles. The summed E-state index contributed by atoms with van der Waals surface area (Å²) < 4.78 is 2.08. The fourth-order valence-electron chi connectivity index (χ4n) is 2.44. The minimum atomic E-state index is -0.0252. The standard InChI is InChI=1S/C15H18N2O/c1-10-13(15(18)16-3)11(2)17(4)14(10)12-8-6-5-7-9-12/h5-9H,1-4H3,(H,16,18). The topological polar surface area (TPSA) is 34.0 Å². The molecule has 0 bridgehead atoms. The maximum atomic E-state index is 11.9. The van der Waals surface area contributed by atoms with Crippen molar-refractivity contribution in [3.63, 3.8) is 0 Å². The Morgan fingerprint density at radius 1 is 1.17 bits per heavy atom. The Hall–Kier alpha value is -2.03. The smallest absolute Gasteiger partial charge is 0.253 e. The SMILES string of the molecule is CNC(=O)c1c(C)c(-c2ccccc2)n(C)c1C. The second-order valence-corrected chi connectivity index (χ2v) is 4.44. The summed E-state index contributed by atoms with van der Waals surface area (Å²) in [6.07, 6.45) is 0. The predicted octanol–water partition coefficient (Wildman–Crippen LogP) is 2.67. The molecule has 0 aliphatic rings. The first kappa shape index (κ1) is 12.4. The molecule has 1 heterocycles. The Labute approximate surface area is 107 Å². The zero-order chi connectivity index (χ0) is 13.3. The molecule has 1 amide bonds. The van der Waals surface area contributed by atoms with Gasteiger partial charge in [-0.05, 0) is 25.0 Å². The van der Waals surface area contributed by atoms with Crippen molar-refractivity contribution in [3.8, 4) is 11.3 Å². The summed E-state index contributed by atoms with van der Waals surface area (Å²) in [7, 11) is 3.66. The molecule has 18 heavy (non-hydrogen) atoms. The van der Waals surface area contributed by atoms with Crippen molar-refractivity contribution in [3.05, 3.63) is 47.2 Å². The summed E-state index contributed by atoms with van der Waals surface area (Å²) in [5, 5.41) is 2.70. The monoisotopic (exact) mass is 242 g/mol. The van der Waals surface area contributed by atoms with Crippen LogP contribution in [0.1, 0.15) is 21.6 Å². The van der Waals surface area contributed by atoms with Gasteiger partial charge in [0.25, 0.3) is 5.91 Å². The highest BCUT2D eigenvalue weighted by Crippen LogP contribution is 2.29. The average Bonchev–Trinajstić information content (AvgIpc) is 2.61. The molecule has 1 aromatic heterocycles. The first-order chi connectivity index (χ1) is 8.57. The van der Waals surface area contributed by atoms with Gasteiger partial charge in [0.1, 0.15) is 0 Å². The van der Waals surface area contributed by atoms with Gasteiger partial charge in [0, 0.05) is 19.8 Å². The van der Waals surface area contributed by atoms with E-state index in [2.05, 4.69) is 22.0 Å². The third-order valence-electron chi connectivity index (χ3n) is 3.43. The second kappa shape index (κ2) is 4.69. The number of carbonyl (C=O) groups excluding carboxylic acids is 1. The lowest BCUT2D eigenvalue weighted by atomic mass is 10.0. The maximum absolute atomic E-state index is 11.9. The summed E-state index contributed by atoms with van der Waals surface area (Å²) in [5.41, 5.74) is 5.03. The highest BCUT2D eigenvalue weighted by atomic mass is 16.1. The first-order valence-corrected chi connectivity index (χ1v) is 6.01. The molecule has 0 saturated heterocycles. The number of rotatable bonds is 2. The highest BCUT2D eigenvalue weighted by Gasteiger charge is 2.20. The van der Waals surface area contributed by atoms with Crippen LogP contribution in [0.3, 0.4) is 0 Å². The van der Waals surface area contributed by atoms with Crippen molar-refractivity contribution < 1.29 is 4.79 Å². The molecule has 0 unspecified atom stereocenters. The molecule has 1 N–H and O–H groups in total. The lowest BCUT2D eigenvalue weighted by molar-refractivity contribution is 0.0962. The van der Waals surface area contributed by atoms with Gasteiger partial charge >= 0.3 is 0 Å². The number of carbonyl (C=O) groups is 1. The number of benzene rings is 1. The number of nitrogens with one attached hydrogen (secondary N) is 1. The first-order valence-electron chi connectivity index (χ1n) is 6.01. The minimum Gasteiger partial charge on any atom is -0.355 e. The fourth-order valence-corrected chi connectivity index (χ4v) is 2.44. The van der Waals surface area contributed by atoms with Crippen LogP contribution in [0, 0.1) is 13.8 Å². The molecule has 0 fully saturated rings. The van der Waals surface area contributed by atoms with Crippen LogP contribution >= 0.6 is 0 Å². The molecule has 94 valence electrons. The Morgan fingerprint density at radius 3 is 2.33 bits per heavy atom. The molecule has 1 aromatic carbocycles. The highest BCUT2D eigenvalue weighted by molar-refractivity contribution is 5.98. The normalized spacial score (nSPS) is 10.4. The van der Waals surface area contributed by atoms with Crippen LogP contribution in [0.2, 0.25) is 0 Å². The average molecular weight is 242 g/mol. The number of hydrogen-bond acceptors (Lipinski definition) is 1. The maximum Gasteiger partial charge on any atom is 0.253 e. The van der Waals surface area contributed by atoms with E-state index in [0.717, 1.165) is 28.1 Å². The third-order valence-corrected chi connectivity index (χ3v) is 3.43. The van der Waals surface area contributed by atoms with Crippen molar-refractivity contribution in [2.75, 3.05) is 7.05 Å². The third kappa shape index (κ3) is 1.82. The molecule has 0 spiro atoms. The zero-order valence-electron chi connectivity index (χ0n) is 11.2. The molecule has 2 rings (SSSR count). The summed E-state index contributed by atoms with van der Waals surface area (Å²) >= 11 is 0. The van der Waals surface area contributed by atoms with Gasteiger partial charge in [0.05, 0.1) is 11.3 Å². The van der Waals surface area contributed by atoms with Crippen LogP contribution < -0.4 is 5.32 Å². The van der Waals surface area contributed by atoms with Gasteiger partial charge in [0.15, 0.2) is 0 Å². The molecule has 0 saturated carbocycles. The minimum absolute atomic E-state index is 0.0252. The molecular formula is C15H18N2O. The van der Waals surface area contributed by atoms with Gasteiger partial charge in [-0.25, -0.2) is 0 Å². The molecule has 0 atom stereocenters. The molecular weight excluding hydrogens is 224 g/mol. The van der Waals surface area contributed by atoms with Gasteiger partial charge < -0.3 is 9.88 Å². The van der Waals surface area contributed by atoms with E-state index in [1.807, 2.05) is 39.1 Å². The van der Waals surface area contributed by atoms with E-state index in [4.69, 9.17) is 0 Å². The lowest BCUT2D eigenvalue weighted by Crippen LogP contribution is -2.19. The zero-order valence-corrected chi connectivity index (χ0v) is 11.2. The predicted molar refractivity (Wildman–Crippen MR) is 73.7 cm³/mol. The molecule has 3 nitrogen and oxygen atoms in total. The van der Waals surface area contributed by atoms with E-state index in [-0.39, 0.29) is 5.91 Å². The van der Waals surface area contributed by atoms with Crippen molar-refractivity contribution in [2.45, 2.75) is 13.8 Å². The van der Waals surface area contributed by atoms with Crippen LogP contribution in [-0.2, 0) is 7.05 Å². The van der Waals surface area contributed by atoms with Crippen molar-refractivity contribution in [1.29, 1.82) is 0 Å². The summed E-state index contributed by atoms with van der Waals surface area (Å²) in [4.78, 5) is 11.9. The largest absolute Gasteiger partial charge is 0.355 e. The summed E-state index contributed by atoms with van der Waals surface area (Å²) in [6.45, 7) is 3.98. The van der Waals surface area contributed by atoms with E-state index in [9.17, 15) is 4.79 Å². The van der Waals surface area contributed by atoms with Crippen molar-refractivity contribution >= 4 is 5.91 Å². The molecule has 0 aliphatic carbocycles. The second-order valence-electron chi connectivity index (χ2n) is 4.44. The van der Waals surface area contributed by atoms with Crippen LogP contribution in [-0.4, -0.2) is 17.5 Å². The van der Waals surface area contributed by atoms with Crippen LogP contribution in [0.15, 0.2) is 30.3 Å². The van der Waals surface area contributed by atoms with Crippen LogP contribution in [0.25, 0.3) is 11.3 Å². The van der Waals surface area contributed by atoms with E-state index in [0.29, 0.717) is 0 Å². The Morgan fingerprint density at radius 2 is 1.78 bits per heavy atom. The van der Waals surface area contributed by atoms with Crippen LogP contribution in [0.4, 0.5) is 0 Å². The van der Waals surface area contributed by atoms with E-state index in [1.54, 1.807) is 7.05 Å². The quantitative estimate of drug-likeness (QED) is 0.863. The molecule has 2 aromatic rings. The number of amides is 1. The molecule has 3 heteroatoms. The fraction of sp³-hybridized carbons (Fsp3) is 0.267. The van der Waals surface area contributed by atoms with E-state index >= 15 is 0 Å². The number of hydrogen-bond donors (Lipinski definition) is 1. The van der Waals surface area contributed by atoms with Crippen molar-refractivity contribution in [2.24, 2.45) is 7.05 Å². The summed E-state index contributed by atoms with van der Waals surface area (Å²) in [5.74, 6) is -0.0252. The number of nitrogens with zero attached hydrogens (tertiary/aromatic N) is 1.